The molecule has 0 bridgehead atoms. The molecule has 3 heteroatoms. The molecule has 3 rings (SSSR count). The van der Waals surface area contributed by atoms with Crippen LogP contribution in [0.2, 0.25) is 0 Å². The maximum absolute atomic E-state index is 6.52. The molecule has 0 unspecified atom stereocenters. The summed E-state index contributed by atoms with van der Waals surface area (Å²) >= 11 is 0. The van der Waals surface area contributed by atoms with E-state index in [4.69, 9.17) is 14.2 Å². The molecule has 0 heterocycles. The van der Waals surface area contributed by atoms with Gasteiger partial charge in [0.2, 0.25) is 0 Å². The van der Waals surface area contributed by atoms with Gasteiger partial charge in [-0.05, 0) is 23.1 Å². The average molecular weight is 545 g/mol. The molecule has 0 fully saturated rings. The van der Waals surface area contributed by atoms with Crippen LogP contribution in [0.25, 0.3) is 0 Å². The first-order valence-electron chi connectivity index (χ1n) is 15.8. The zero-order valence-electron chi connectivity index (χ0n) is 24.9. The third-order valence-corrected chi connectivity index (χ3v) is 7.49. The lowest BCUT2D eigenvalue weighted by Crippen LogP contribution is -2.39. The van der Waals surface area contributed by atoms with Crippen molar-refractivity contribution in [1.29, 1.82) is 0 Å². The van der Waals surface area contributed by atoms with Gasteiger partial charge in [0.1, 0.15) is 0 Å². The molecule has 0 atom stereocenters. The van der Waals surface area contributed by atoms with Crippen LogP contribution >= 0.6 is 0 Å². The molecule has 0 aliphatic carbocycles. The first-order chi connectivity index (χ1) is 19.8. The fraction of sp³-hybridized carbons (Fsp3) is 0.514. The zero-order chi connectivity index (χ0) is 28.0. The Kier molecular flexibility index (Phi) is 16.4. The van der Waals surface area contributed by atoms with E-state index in [9.17, 15) is 0 Å². The highest BCUT2D eigenvalue weighted by molar-refractivity contribution is 5.15. The standard InChI is InChI=1S/C37H52O3/c1-2-3-4-5-6-7-8-9-10-11-12-13-23-30-37(38-31-34-24-17-14-18-25-34,39-32-35-26-19-15-20-27-35)40-33-36-28-21-16-22-29-36/h14-22,24-29H,2-13,23,30-33H2,1H3. The molecule has 0 aliphatic heterocycles. The van der Waals surface area contributed by atoms with E-state index in [-0.39, 0.29) is 0 Å². The van der Waals surface area contributed by atoms with Crippen molar-refractivity contribution < 1.29 is 14.2 Å². The predicted octanol–water partition coefficient (Wildman–Crippen LogP) is 10.8. The largest absolute Gasteiger partial charge is 0.323 e. The lowest BCUT2D eigenvalue weighted by Gasteiger charge is -2.34. The Morgan fingerprint density at radius 1 is 0.400 bits per heavy atom. The summed E-state index contributed by atoms with van der Waals surface area (Å²) < 4.78 is 19.6. The summed E-state index contributed by atoms with van der Waals surface area (Å²) in [5, 5.41) is 0. The molecule has 0 saturated carbocycles. The highest BCUT2D eigenvalue weighted by Crippen LogP contribution is 2.28. The number of hydrogen-bond donors (Lipinski definition) is 0. The quantitative estimate of drug-likeness (QED) is 0.0877. The molecule has 0 amide bonds. The molecule has 3 aromatic carbocycles. The Labute approximate surface area is 244 Å². The third-order valence-electron chi connectivity index (χ3n) is 7.49. The first-order valence-corrected chi connectivity index (χ1v) is 15.8. The van der Waals surface area contributed by atoms with E-state index in [0.29, 0.717) is 26.2 Å². The van der Waals surface area contributed by atoms with Crippen molar-refractivity contribution in [2.45, 2.75) is 123 Å². The van der Waals surface area contributed by atoms with Crippen molar-refractivity contribution >= 4 is 0 Å². The number of unbranched alkanes of at least 4 members (excludes halogenated alkanes) is 12. The van der Waals surface area contributed by atoms with Gasteiger partial charge in [0.25, 0.3) is 5.97 Å². The fourth-order valence-electron chi connectivity index (χ4n) is 5.00. The second kappa shape index (κ2) is 20.4. The topological polar surface area (TPSA) is 27.7 Å². The summed E-state index contributed by atoms with van der Waals surface area (Å²) in [6, 6.07) is 30.9. The van der Waals surface area contributed by atoms with Gasteiger partial charge in [-0.15, -0.1) is 0 Å². The molecule has 0 spiro atoms. The van der Waals surface area contributed by atoms with E-state index in [2.05, 4.69) is 43.3 Å². The van der Waals surface area contributed by atoms with E-state index < -0.39 is 5.97 Å². The number of ether oxygens (including phenoxy) is 3. The predicted molar refractivity (Wildman–Crippen MR) is 167 cm³/mol. The van der Waals surface area contributed by atoms with Crippen LogP contribution in [-0.2, 0) is 34.0 Å². The van der Waals surface area contributed by atoms with Crippen LogP contribution in [0.15, 0.2) is 91.0 Å². The van der Waals surface area contributed by atoms with E-state index in [1.165, 1.54) is 70.6 Å². The minimum Gasteiger partial charge on any atom is -0.323 e. The van der Waals surface area contributed by atoms with Crippen LogP contribution in [-0.4, -0.2) is 5.97 Å². The van der Waals surface area contributed by atoms with Gasteiger partial charge in [-0.1, -0.05) is 175 Å². The minimum atomic E-state index is -1.10. The Morgan fingerprint density at radius 2 is 0.700 bits per heavy atom. The van der Waals surface area contributed by atoms with Gasteiger partial charge < -0.3 is 14.2 Å². The third kappa shape index (κ3) is 13.7. The molecule has 0 N–H and O–H groups in total. The van der Waals surface area contributed by atoms with Gasteiger partial charge in [-0.25, -0.2) is 0 Å². The molecule has 3 nitrogen and oxygen atoms in total. The molecular weight excluding hydrogens is 492 g/mol. The summed E-state index contributed by atoms with van der Waals surface area (Å²) in [7, 11) is 0. The van der Waals surface area contributed by atoms with Gasteiger partial charge in [0.05, 0.1) is 19.8 Å². The van der Waals surface area contributed by atoms with E-state index in [1.54, 1.807) is 0 Å². The highest BCUT2D eigenvalue weighted by atomic mass is 16.9. The number of hydrogen-bond acceptors (Lipinski definition) is 3. The maximum Gasteiger partial charge on any atom is 0.283 e. The Bertz CT molecular complexity index is 868. The average Bonchev–Trinajstić information content (AvgIpc) is 3.01. The Hall–Kier alpha value is -2.46. The summed E-state index contributed by atoms with van der Waals surface area (Å²) in [6.45, 7) is 3.63. The molecule has 0 aromatic heterocycles. The van der Waals surface area contributed by atoms with Crippen LogP contribution in [0.1, 0.15) is 114 Å². The molecule has 0 saturated heterocycles. The van der Waals surface area contributed by atoms with Crippen molar-refractivity contribution in [2.75, 3.05) is 0 Å². The van der Waals surface area contributed by atoms with E-state index >= 15 is 0 Å². The molecule has 3 aromatic rings. The van der Waals surface area contributed by atoms with E-state index in [1.807, 2.05) is 54.6 Å². The Morgan fingerprint density at radius 3 is 1.02 bits per heavy atom. The Balaban J connectivity index is 1.51. The van der Waals surface area contributed by atoms with Crippen molar-refractivity contribution in [3.05, 3.63) is 108 Å². The lowest BCUT2D eigenvalue weighted by atomic mass is 10.0. The van der Waals surface area contributed by atoms with Gasteiger partial charge in [0.15, 0.2) is 0 Å². The van der Waals surface area contributed by atoms with Crippen LogP contribution in [0.4, 0.5) is 0 Å². The van der Waals surface area contributed by atoms with E-state index in [0.717, 1.165) is 29.5 Å². The van der Waals surface area contributed by atoms with Crippen molar-refractivity contribution in [3.8, 4) is 0 Å². The summed E-state index contributed by atoms with van der Waals surface area (Å²) in [5.74, 6) is -1.10. The molecular formula is C37H52O3. The lowest BCUT2D eigenvalue weighted by molar-refractivity contribution is -0.397. The second-order valence-electron chi connectivity index (χ2n) is 11.0. The second-order valence-corrected chi connectivity index (χ2v) is 11.0. The molecule has 40 heavy (non-hydrogen) atoms. The van der Waals surface area contributed by atoms with Crippen molar-refractivity contribution in [2.24, 2.45) is 0 Å². The van der Waals surface area contributed by atoms with Gasteiger partial charge in [0, 0.05) is 6.42 Å². The van der Waals surface area contributed by atoms with Gasteiger partial charge in [-0.3, -0.25) is 0 Å². The molecule has 0 radical (unpaired) electrons. The monoisotopic (exact) mass is 544 g/mol. The highest BCUT2D eigenvalue weighted by Gasteiger charge is 2.34. The van der Waals surface area contributed by atoms with Crippen LogP contribution in [0, 0.1) is 0 Å². The normalized spacial score (nSPS) is 11.6. The zero-order valence-corrected chi connectivity index (χ0v) is 24.9. The smallest absolute Gasteiger partial charge is 0.283 e. The van der Waals surface area contributed by atoms with Crippen LogP contribution < -0.4 is 0 Å². The maximum atomic E-state index is 6.52. The first kappa shape index (κ1) is 32.1. The number of rotatable bonds is 23. The summed E-state index contributed by atoms with van der Waals surface area (Å²) in [4.78, 5) is 0. The van der Waals surface area contributed by atoms with Crippen molar-refractivity contribution in [1.82, 2.24) is 0 Å². The SMILES string of the molecule is CCCCCCCCCCCCCCCC(OCc1ccccc1)(OCc1ccccc1)OCc1ccccc1. The molecule has 0 aliphatic rings. The van der Waals surface area contributed by atoms with Gasteiger partial charge >= 0.3 is 0 Å². The van der Waals surface area contributed by atoms with Crippen LogP contribution in [0.3, 0.4) is 0 Å². The summed E-state index contributed by atoms with van der Waals surface area (Å²) in [5.41, 5.74) is 3.34. The van der Waals surface area contributed by atoms with Crippen molar-refractivity contribution in [3.63, 3.8) is 0 Å². The fourth-order valence-corrected chi connectivity index (χ4v) is 5.00. The minimum absolute atomic E-state index is 0.447. The molecule has 218 valence electrons. The van der Waals surface area contributed by atoms with Crippen LogP contribution in [0.5, 0.6) is 0 Å². The summed E-state index contributed by atoms with van der Waals surface area (Å²) in [6.07, 6.45) is 17.9. The number of benzene rings is 3. The van der Waals surface area contributed by atoms with Gasteiger partial charge in [-0.2, -0.15) is 0 Å².